The second-order valence-corrected chi connectivity index (χ2v) is 4.66. The molecule has 0 unspecified atom stereocenters. The lowest BCUT2D eigenvalue weighted by Crippen LogP contribution is -1.72. The Labute approximate surface area is 86.3 Å². The van der Waals surface area contributed by atoms with Gasteiger partial charge in [-0.1, -0.05) is 15.9 Å². The van der Waals surface area contributed by atoms with Gasteiger partial charge in [0.05, 0.1) is 4.88 Å². The Kier molecular flexibility index (Phi) is 2.34. The second kappa shape index (κ2) is 3.35. The van der Waals surface area contributed by atoms with Crippen molar-refractivity contribution in [3.05, 3.63) is 33.6 Å². The highest BCUT2D eigenvalue weighted by Crippen LogP contribution is 2.33. The summed E-state index contributed by atoms with van der Waals surface area (Å²) in [6, 6.07) is 7.08. The molecule has 2 rings (SSSR count). The predicted octanol–water partition coefficient (Wildman–Crippen LogP) is 4.60. The van der Waals surface area contributed by atoms with E-state index in [1.165, 1.54) is 6.07 Å². The zero-order valence-electron chi connectivity index (χ0n) is 6.43. The lowest BCUT2D eigenvalue weighted by Gasteiger charge is -1.88. The van der Waals surface area contributed by atoms with Gasteiger partial charge in [-0.05, 0) is 29.7 Å². The highest BCUT2D eigenvalue weighted by molar-refractivity contribution is 9.10. The predicted molar refractivity (Wildman–Crippen MR) is 54.5 cm³/mol. The van der Waals surface area contributed by atoms with Gasteiger partial charge in [0.1, 0.15) is 0 Å². The van der Waals surface area contributed by atoms with Gasteiger partial charge in [0.2, 0.25) is 0 Å². The first-order valence-corrected chi connectivity index (χ1v) is 5.25. The Hall–Kier alpha value is -0.480. The summed E-state index contributed by atoms with van der Waals surface area (Å²) < 4.78 is 26.4. The van der Waals surface area contributed by atoms with Gasteiger partial charge in [0.15, 0.2) is 0 Å². The van der Waals surface area contributed by atoms with Crippen LogP contribution in [0.2, 0.25) is 0 Å². The Morgan fingerprint density at radius 1 is 1.23 bits per heavy atom. The summed E-state index contributed by atoms with van der Waals surface area (Å²) in [5, 5.41) is 0.870. The third-order valence-corrected chi connectivity index (χ3v) is 3.33. The monoisotopic (exact) mass is 262 g/mol. The summed E-state index contributed by atoms with van der Waals surface area (Å²) in [5.41, 5.74) is 0. The van der Waals surface area contributed by atoms with Gasteiger partial charge in [-0.15, -0.1) is 11.3 Å². The molecule has 0 aliphatic carbocycles. The molecular weight excluding hydrogens is 258 g/mol. The molecule has 0 aliphatic heterocycles. The van der Waals surface area contributed by atoms with E-state index in [0.717, 1.165) is 25.9 Å². The molecule has 4 heteroatoms. The summed E-state index contributed by atoms with van der Waals surface area (Å²) in [5.74, 6) is 0. The van der Waals surface area contributed by atoms with Gasteiger partial charge in [0.25, 0.3) is 6.43 Å². The summed E-state index contributed by atoms with van der Waals surface area (Å²) in [7, 11) is 0. The van der Waals surface area contributed by atoms with Gasteiger partial charge in [-0.25, -0.2) is 8.78 Å². The van der Waals surface area contributed by atoms with Gasteiger partial charge in [-0.3, -0.25) is 0 Å². The Morgan fingerprint density at radius 3 is 2.69 bits per heavy atom. The largest absolute Gasteiger partial charge is 0.272 e. The van der Waals surface area contributed by atoms with E-state index in [4.69, 9.17) is 0 Å². The van der Waals surface area contributed by atoms with Crippen LogP contribution in [0.3, 0.4) is 0 Å². The number of rotatable bonds is 1. The maximum absolute atomic E-state index is 12.3. The van der Waals surface area contributed by atoms with Gasteiger partial charge >= 0.3 is 0 Å². The van der Waals surface area contributed by atoms with Crippen molar-refractivity contribution in [1.29, 1.82) is 0 Å². The normalized spacial score (nSPS) is 11.4. The first-order chi connectivity index (χ1) is 6.16. The fraction of sp³-hybridized carbons (Fsp3) is 0.111. The lowest BCUT2D eigenvalue weighted by atomic mass is 10.2. The van der Waals surface area contributed by atoms with E-state index >= 15 is 0 Å². The van der Waals surface area contributed by atoms with Crippen LogP contribution in [0.1, 0.15) is 11.3 Å². The van der Waals surface area contributed by atoms with Gasteiger partial charge in [0, 0.05) is 9.17 Å². The zero-order chi connectivity index (χ0) is 9.42. The third-order valence-electron chi connectivity index (χ3n) is 1.71. The number of fused-ring (bicyclic) bond motifs is 1. The summed E-state index contributed by atoms with van der Waals surface area (Å²) in [4.78, 5) is 0.133. The minimum Gasteiger partial charge on any atom is -0.204 e. The lowest BCUT2D eigenvalue weighted by molar-refractivity contribution is 0.156. The quantitative estimate of drug-likeness (QED) is 0.705. The van der Waals surface area contributed by atoms with Crippen LogP contribution in [0.5, 0.6) is 0 Å². The number of hydrogen-bond acceptors (Lipinski definition) is 1. The molecule has 0 atom stereocenters. The summed E-state index contributed by atoms with van der Waals surface area (Å²) in [6.45, 7) is 0. The standard InChI is InChI=1S/C9H5BrF2S/c10-6-1-2-7-5(3-6)4-8(13-7)9(11)12/h1-4,9H. The molecule has 0 spiro atoms. The minimum absolute atomic E-state index is 0.133. The number of benzene rings is 1. The molecule has 1 heterocycles. The van der Waals surface area contributed by atoms with E-state index in [0.29, 0.717) is 0 Å². The average molecular weight is 263 g/mol. The van der Waals surface area contributed by atoms with E-state index < -0.39 is 6.43 Å². The third kappa shape index (κ3) is 1.74. The van der Waals surface area contributed by atoms with Crippen molar-refractivity contribution in [2.45, 2.75) is 6.43 Å². The van der Waals surface area contributed by atoms with E-state index in [2.05, 4.69) is 15.9 Å². The molecule has 2 aromatic rings. The van der Waals surface area contributed by atoms with Crippen molar-refractivity contribution >= 4 is 37.4 Å². The van der Waals surface area contributed by atoms with Crippen LogP contribution < -0.4 is 0 Å². The van der Waals surface area contributed by atoms with E-state index in [9.17, 15) is 8.78 Å². The zero-order valence-corrected chi connectivity index (χ0v) is 8.83. The second-order valence-electron chi connectivity index (χ2n) is 2.63. The molecule has 0 saturated carbocycles. The van der Waals surface area contributed by atoms with Crippen molar-refractivity contribution < 1.29 is 8.78 Å². The van der Waals surface area contributed by atoms with E-state index in [1.807, 2.05) is 18.2 Å². The molecule has 0 amide bonds. The molecule has 0 N–H and O–H groups in total. The van der Waals surface area contributed by atoms with Gasteiger partial charge < -0.3 is 0 Å². The molecule has 0 saturated heterocycles. The summed E-state index contributed by atoms with van der Waals surface area (Å²) >= 11 is 4.44. The van der Waals surface area contributed by atoms with Crippen LogP contribution in [-0.2, 0) is 0 Å². The van der Waals surface area contributed by atoms with Crippen LogP contribution >= 0.6 is 27.3 Å². The number of hydrogen-bond donors (Lipinski definition) is 0. The highest BCUT2D eigenvalue weighted by atomic mass is 79.9. The van der Waals surface area contributed by atoms with Crippen molar-refractivity contribution in [3.8, 4) is 0 Å². The first kappa shape index (κ1) is 9.09. The van der Waals surface area contributed by atoms with E-state index in [-0.39, 0.29) is 4.88 Å². The number of thiophene rings is 1. The van der Waals surface area contributed by atoms with Crippen LogP contribution in [0.25, 0.3) is 10.1 Å². The Morgan fingerprint density at radius 2 is 2.00 bits per heavy atom. The van der Waals surface area contributed by atoms with Crippen molar-refractivity contribution in [2.75, 3.05) is 0 Å². The molecular formula is C9H5BrF2S. The smallest absolute Gasteiger partial charge is 0.204 e. The maximum atomic E-state index is 12.3. The van der Waals surface area contributed by atoms with Crippen LogP contribution in [0.4, 0.5) is 8.78 Å². The Balaban J connectivity index is 2.62. The molecule has 0 aliphatic rings. The molecule has 13 heavy (non-hydrogen) atoms. The molecule has 1 aromatic heterocycles. The van der Waals surface area contributed by atoms with Crippen LogP contribution in [0.15, 0.2) is 28.7 Å². The minimum atomic E-state index is -2.36. The molecule has 0 nitrogen and oxygen atoms in total. The highest BCUT2D eigenvalue weighted by Gasteiger charge is 2.10. The number of halogens is 3. The Bertz CT molecular complexity index is 436. The van der Waals surface area contributed by atoms with Crippen LogP contribution in [-0.4, -0.2) is 0 Å². The fourth-order valence-corrected chi connectivity index (χ4v) is 2.42. The van der Waals surface area contributed by atoms with Crippen LogP contribution in [0, 0.1) is 0 Å². The molecule has 0 radical (unpaired) electrons. The first-order valence-electron chi connectivity index (χ1n) is 3.64. The van der Waals surface area contributed by atoms with Gasteiger partial charge in [-0.2, -0.15) is 0 Å². The summed E-state index contributed by atoms with van der Waals surface area (Å²) in [6.07, 6.45) is -2.36. The number of alkyl halides is 2. The van der Waals surface area contributed by atoms with E-state index in [1.54, 1.807) is 0 Å². The molecule has 1 aromatic carbocycles. The topological polar surface area (TPSA) is 0 Å². The average Bonchev–Trinajstić information content (AvgIpc) is 2.46. The van der Waals surface area contributed by atoms with Crippen molar-refractivity contribution in [1.82, 2.24) is 0 Å². The molecule has 68 valence electrons. The SMILES string of the molecule is FC(F)c1cc2cc(Br)ccc2s1. The molecule has 0 bridgehead atoms. The van der Waals surface area contributed by atoms with Crippen molar-refractivity contribution in [3.63, 3.8) is 0 Å². The molecule has 0 fully saturated rings. The van der Waals surface area contributed by atoms with Crippen molar-refractivity contribution in [2.24, 2.45) is 0 Å². The fourth-order valence-electron chi connectivity index (χ4n) is 1.14. The maximum Gasteiger partial charge on any atom is 0.272 e.